The summed E-state index contributed by atoms with van der Waals surface area (Å²) in [7, 11) is -1.91. The summed E-state index contributed by atoms with van der Waals surface area (Å²) in [5, 5.41) is 12.7. The number of methoxy groups -OCH3 is 1. The Hall–Kier alpha value is -2.33. The predicted molar refractivity (Wildman–Crippen MR) is 73.8 cm³/mol. The number of hydrogen-bond donors (Lipinski definition) is 0. The van der Waals surface area contributed by atoms with Crippen LogP contribution in [-0.2, 0) is 10.0 Å². The van der Waals surface area contributed by atoms with Crippen molar-refractivity contribution >= 4 is 10.0 Å². The quantitative estimate of drug-likeness (QED) is 0.854. The standard InChI is InChI=1S/C13H13N3O3S/c1-3-20(17,18)16-9-11(8-15-16)12-5-4-10(7-14)6-13(12)19-2/h4-6,8-9H,3H2,1-2H3. The van der Waals surface area contributed by atoms with E-state index in [0.717, 1.165) is 4.09 Å². The molecule has 0 aliphatic rings. The van der Waals surface area contributed by atoms with Crippen molar-refractivity contribution in [3.8, 4) is 22.9 Å². The van der Waals surface area contributed by atoms with Crippen LogP contribution in [0.15, 0.2) is 30.6 Å². The van der Waals surface area contributed by atoms with Crippen LogP contribution in [0.1, 0.15) is 12.5 Å². The third-order valence-electron chi connectivity index (χ3n) is 2.85. The largest absolute Gasteiger partial charge is 0.496 e. The van der Waals surface area contributed by atoms with Gasteiger partial charge in [0.25, 0.3) is 10.0 Å². The molecule has 0 N–H and O–H groups in total. The molecule has 7 heteroatoms. The molecule has 0 spiro atoms. The SMILES string of the molecule is CCS(=O)(=O)n1cc(-c2ccc(C#N)cc2OC)cn1. The first-order chi connectivity index (χ1) is 9.51. The normalized spacial score (nSPS) is 11.1. The fraction of sp³-hybridized carbons (Fsp3) is 0.231. The van der Waals surface area contributed by atoms with E-state index < -0.39 is 10.0 Å². The topological polar surface area (TPSA) is 85.0 Å². The van der Waals surface area contributed by atoms with E-state index in [1.54, 1.807) is 25.1 Å². The smallest absolute Gasteiger partial charge is 0.253 e. The maximum atomic E-state index is 11.7. The van der Waals surface area contributed by atoms with Crippen LogP contribution in [-0.4, -0.2) is 30.5 Å². The molecule has 0 saturated heterocycles. The van der Waals surface area contributed by atoms with Crippen molar-refractivity contribution in [1.29, 1.82) is 5.26 Å². The summed E-state index contributed by atoms with van der Waals surface area (Å²) in [5.41, 5.74) is 1.77. The van der Waals surface area contributed by atoms with Crippen molar-refractivity contribution in [1.82, 2.24) is 9.19 Å². The molecule has 20 heavy (non-hydrogen) atoms. The third kappa shape index (κ3) is 2.51. The van der Waals surface area contributed by atoms with Gasteiger partial charge in [-0.3, -0.25) is 0 Å². The summed E-state index contributed by atoms with van der Waals surface area (Å²) in [6.07, 6.45) is 2.89. The predicted octanol–water partition coefficient (Wildman–Crippen LogP) is 1.63. The van der Waals surface area contributed by atoms with Gasteiger partial charge >= 0.3 is 0 Å². The second-order valence-electron chi connectivity index (χ2n) is 4.03. The van der Waals surface area contributed by atoms with E-state index in [2.05, 4.69) is 5.10 Å². The highest BCUT2D eigenvalue weighted by atomic mass is 32.2. The first-order valence-electron chi connectivity index (χ1n) is 5.88. The van der Waals surface area contributed by atoms with Gasteiger partial charge in [-0.1, -0.05) is 0 Å². The van der Waals surface area contributed by atoms with Gasteiger partial charge in [-0.05, 0) is 25.1 Å². The van der Waals surface area contributed by atoms with Crippen LogP contribution in [0, 0.1) is 11.3 Å². The highest BCUT2D eigenvalue weighted by Crippen LogP contribution is 2.30. The number of rotatable bonds is 4. The first kappa shape index (κ1) is 14.1. The van der Waals surface area contributed by atoms with Gasteiger partial charge in [0, 0.05) is 11.1 Å². The van der Waals surface area contributed by atoms with E-state index in [0.29, 0.717) is 22.4 Å². The zero-order chi connectivity index (χ0) is 14.8. The summed E-state index contributed by atoms with van der Waals surface area (Å²) in [4.78, 5) is 0. The van der Waals surface area contributed by atoms with Crippen LogP contribution < -0.4 is 4.74 Å². The van der Waals surface area contributed by atoms with Gasteiger partial charge in [-0.15, -0.1) is 0 Å². The van der Waals surface area contributed by atoms with E-state index in [9.17, 15) is 8.42 Å². The summed E-state index contributed by atoms with van der Waals surface area (Å²) in [5.74, 6) is 0.469. The molecule has 104 valence electrons. The Labute approximate surface area is 117 Å². The van der Waals surface area contributed by atoms with E-state index in [1.165, 1.54) is 19.5 Å². The molecule has 0 fully saturated rings. The highest BCUT2D eigenvalue weighted by molar-refractivity contribution is 7.89. The third-order valence-corrected chi connectivity index (χ3v) is 4.35. The molecule has 0 atom stereocenters. The molecule has 0 saturated carbocycles. The molecule has 2 rings (SSSR count). The van der Waals surface area contributed by atoms with Crippen molar-refractivity contribution in [2.45, 2.75) is 6.92 Å². The molecule has 0 unspecified atom stereocenters. The van der Waals surface area contributed by atoms with Crippen LogP contribution >= 0.6 is 0 Å². The monoisotopic (exact) mass is 291 g/mol. The lowest BCUT2D eigenvalue weighted by Crippen LogP contribution is -2.14. The van der Waals surface area contributed by atoms with Gasteiger partial charge in [-0.25, -0.2) is 8.42 Å². The van der Waals surface area contributed by atoms with Gasteiger partial charge in [0.1, 0.15) is 5.75 Å². The Morgan fingerprint density at radius 1 is 1.45 bits per heavy atom. The lowest BCUT2D eigenvalue weighted by molar-refractivity contribution is 0.416. The Balaban J connectivity index is 2.51. The maximum absolute atomic E-state index is 11.7. The molecule has 2 aromatic rings. The molecule has 1 heterocycles. The second-order valence-corrected chi connectivity index (χ2v) is 6.14. The van der Waals surface area contributed by atoms with Crippen LogP contribution in [0.4, 0.5) is 0 Å². The molecule has 0 amide bonds. The van der Waals surface area contributed by atoms with E-state index in [4.69, 9.17) is 10.00 Å². The zero-order valence-corrected chi connectivity index (χ0v) is 11.9. The molecule has 0 aliphatic carbocycles. The Bertz CT molecular complexity index is 772. The summed E-state index contributed by atoms with van der Waals surface area (Å²) < 4.78 is 29.6. The average Bonchev–Trinajstić information content (AvgIpc) is 2.96. The fourth-order valence-corrected chi connectivity index (χ4v) is 2.46. The summed E-state index contributed by atoms with van der Waals surface area (Å²) in [6.45, 7) is 1.55. The van der Waals surface area contributed by atoms with Gasteiger partial charge in [0.05, 0.1) is 36.9 Å². The van der Waals surface area contributed by atoms with Crippen molar-refractivity contribution < 1.29 is 13.2 Å². The van der Waals surface area contributed by atoms with Crippen molar-refractivity contribution in [3.63, 3.8) is 0 Å². The first-order valence-corrected chi connectivity index (χ1v) is 7.49. The number of ether oxygens (including phenoxy) is 1. The van der Waals surface area contributed by atoms with Crippen LogP contribution in [0.3, 0.4) is 0 Å². The van der Waals surface area contributed by atoms with Crippen molar-refractivity contribution in [2.75, 3.05) is 12.9 Å². The maximum Gasteiger partial charge on any atom is 0.253 e. The average molecular weight is 291 g/mol. The van der Waals surface area contributed by atoms with Crippen molar-refractivity contribution in [3.05, 3.63) is 36.2 Å². The minimum absolute atomic E-state index is 0.0291. The van der Waals surface area contributed by atoms with Gasteiger partial charge < -0.3 is 4.74 Å². The minimum Gasteiger partial charge on any atom is -0.496 e. The van der Waals surface area contributed by atoms with Crippen LogP contribution in [0.2, 0.25) is 0 Å². The van der Waals surface area contributed by atoms with E-state index in [-0.39, 0.29) is 5.75 Å². The minimum atomic E-state index is -3.41. The molecular weight excluding hydrogens is 278 g/mol. The summed E-state index contributed by atoms with van der Waals surface area (Å²) in [6, 6.07) is 6.97. The Morgan fingerprint density at radius 2 is 2.20 bits per heavy atom. The molecule has 6 nitrogen and oxygen atoms in total. The molecular formula is C13H13N3O3S. The zero-order valence-electron chi connectivity index (χ0n) is 11.1. The van der Waals surface area contributed by atoms with Crippen molar-refractivity contribution in [2.24, 2.45) is 0 Å². The Kier molecular flexibility index (Phi) is 3.77. The summed E-state index contributed by atoms with van der Waals surface area (Å²) >= 11 is 0. The number of nitrogens with zero attached hydrogens (tertiary/aromatic N) is 3. The van der Waals surface area contributed by atoms with Gasteiger partial charge in [0.2, 0.25) is 0 Å². The number of benzene rings is 1. The number of nitriles is 1. The molecule has 0 radical (unpaired) electrons. The van der Waals surface area contributed by atoms with Gasteiger partial charge in [-0.2, -0.15) is 14.4 Å². The van der Waals surface area contributed by atoms with Gasteiger partial charge in [0.15, 0.2) is 0 Å². The fourth-order valence-electron chi connectivity index (χ4n) is 1.73. The van der Waals surface area contributed by atoms with E-state index in [1.807, 2.05) is 6.07 Å². The lowest BCUT2D eigenvalue weighted by atomic mass is 10.1. The lowest BCUT2D eigenvalue weighted by Gasteiger charge is -2.06. The second kappa shape index (κ2) is 5.35. The Morgan fingerprint density at radius 3 is 2.80 bits per heavy atom. The molecule has 1 aromatic heterocycles. The molecule has 1 aromatic carbocycles. The van der Waals surface area contributed by atoms with E-state index >= 15 is 0 Å². The number of hydrogen-bond acceptors (Lipinski definition) is 5. The molecule has 0 bridgehead atoms. The number of aromatic nitrogens is 2. The molecule has 0 aliphatic heterocycles. The van der Waals surface area contributed by atoms with Crippen LogP contribution in [0.5, 0.6) is 5.75 Å². The highest BCUT2D eigenvalue weighted by Gasteiger charge is 2.14. The van der Waals surface area contributed by atoms with Crippen LogP contribution in [0.25, 0.3) is 11.1 Å².